The minimum absolute atomic E-state index is 0.180. The van der Waals surface area contributed by atoms with E-state index in [1.165, 1.54) is 5.56 Å². The van der Waals surface area contributed by atoms with Crippen LogP contribution in [-0.2, 0) is 22.4 Å². The topological polar surface area (TPSA) is 78.5 Å². The van der Waals surface area contributed by atoms with Gasteiger partial charge in [0.2, 0.25) is 5.91 Å². The van der Waals surface area contributed by atoms with E-state index in [1.54, 1.807) is 11.3 Å². The number of aromatic nitrogens is 1. The molecule has 0 bridgehead atoms. The summed E-state index contributed by atoms with van der Waals surface area (Å²) in [5, 5.41) is 6.32. The number of carbonyl (C=O) groups excluding carboxylic acids is 1. The summed E-state index contributed by atoms with van der Waals surface area (Å²) in [6.45, 7) is 3.80. The van der Waals surface area contributed by atoms with Crippen molar-refractivity contribution in [2.24, 2.45) is 0 Å². The van der Waals surface area contributed by atoms with Crippen molar-refractivity contribution >= 4 is 39.7 Å². The summed E-state index contributed by atoms with van der Waals surface area (Å²) in [4.78, 5) is 18.8. The Morgan fingerprint density at radius 3 is 2.78 bits per heavy atom. The van der Waals surface area contributed by atoms with Gasteiger partial charge < -0.3 is 15.0 Å². The Bertz CT molecular complexity index is 747. The Morgan fingerprint density at radius 1 is 1.22 bits per heavy atom. The summed E-state index contributed by atoms with van der Waals surface area (Å²) in [6.07, 6.45) is 1.07. The van der Waals surface area contributed by atoms with E-state index in [2.05, 4.69) is 38.2 Å². The Kier molecular flexibility index (Phi) is 7.37. The summed E-state index contributed by atoms with van der Waals surface area (Å²) in [6, 6.07) is 10.1. The number of anilines is 1. The van der Waals surface area contributed by atoms with Gasteiger partial charge in [0.25, 0.3) is 0 Å². The largest absolute Gasteiger partial charge is 0.378 e. The number of morpholine rings is 1. The average Bonchev–Trinajstić information content (AvgIpc) is 3.16. The van der Waals surface area contributed by atoms with Crippen LogP contribution in [0.25, 0.3) is 0 Å². The minimum atomic E-state index is -0.180. The number of hydrazine groups is 1. The number of thiazole rings is 1. The van der Waals surface area contributed by atoms with Gasteiger partial charge in [-0.15, -0.1) is 11.3 Å². The van der Waals surface area contributed by atoms with Crippen LogP contribution in [0.3, 0.4) is 0 Å². The molecule has 1 fully saturated rings. The molecule has 3 N–H and O–H groups in total. The molecule has 9 heteroatoms. The Balaban J connectivity index is 1.34. The minimum Gasteiger partial charge on any atom is -0.378 e. The van der Waals surface area contributed by atoms with Gasteiger partial charge in [0.1, 0.15) is 0 Å². The van der Waals surface area contributed by atoms with Gasteiger partial charge in [-0.3, -0.25) is 15.6 Å². The van der Waals surface area contributed by atoms with Crippen molar-refractivity contribution in [1.29, 1.82) is 0 Å². The first-order valence-electron chi connectivity index (χ1n) is 8.84. The Labute approximate surface area is 168 Å². The van der Waals surface area contributed by atoms with Gasteiger partial charge in [0, 0.05) is 25.0 Å². The summed E-state index contributed by atoms with van der Waals surface area (Å²) < 4.78 is 5.34. The fourth-order valence-electron chi connectivity index (χ4n) is 2.62. The van der Waals surface area contributed by atoms with Crippen LogP contribution in [0.15, 0.2) is 35.7 Å². The normalized spacial score (nSPS) is 13.9. The SMILES string of the molecule is O=C(Cc1csc(N2CCOCC2)n1)NNC(=S)NCCc1ccccc1. The smallest absolute Gasteiger partial charge is 0.244 e. The lowest BCUT2D eigenvalue weighted by Gasteiger charge is -2.26. The van der Waals surface area contributed by atoms with Crippen molar-refractivity contribution in [2.75, 3.05) is 37.7 Å². The molecule has 3 rings (SSSR count). The van der Waals surface area contributed by atoms with Crippen LogP contribution in [0.2, 0.25) is 0 Å². The van der Waals surface area contributed by atoms with Gasteiger partial charge in [-0.05, 0) is 24.2 Å². The molecule has 0 radical (unpaired) electrons. The number of benzene rings is 1. The Morgan fingerprint density at radius 2 is 2.00 bits per heavy atom. The lowest BCUT2D eigenvalue weighted by molar-refractivity contribution is -0.121. The summed E-state index contributed by atoms with van der Waals surface area (Å²) in [7, 11) is 0. The zero-order valence-corrected chi connectivity index (χ0v) is 16.6. The number of nitrogens with one attached hydrogen (secondary N) is 3. The molecule has 0 atom stereocenters. The molecule has 0 saturated carbocycles. The van der Waals surface area contributed by atoms with Gasteiger partial charge in [0.05, 0.1) is 25.3 Å². The first-order chi connectivity index (χ1) is 13.2. The van der Waals surface area contributed by atoms with Crippen molar-refractivity contribution in [2.45, 2.75) is 12.8 Å². The number of amides is 1. The molecule has 1 aliphatic heterocycles. The number of hydrogen-bond donors (Lipinski definition) is 3. The van der Waals surface area contributed by atoms with Crippen LogP contribution in [0, 0.1) is 0 Å². The van der Waals surface area contributed by atoms with Crippen LogP contribution < -0.4 is 21.1 Å². The molecule has 1 amide bonds. The predicted molar refractivity (Wildman–Crippen MR) is 111 cm³/mol. The summed E-state index contributed by atoms with van der Waals surface area (Å²) >= 11 is 6.73. The second-order valence-corrected chi connectivity index (χ2v) is 7.31. The summed E-state index contributed by atoms with van der Waals surface area (Å²) in [5.74, 6) is -0.180. The second kappa shape index (κ2) is 10.2. The van der Waals surface area contributed by atoms with Crippen molar-refractivity contribution < 1.29 is 9.53 Å². The first-order valence-corrected chi connectivity index (χ1v) is 10.1. The van der Waals surface area contributed by atoms with Crippen LogP contribution in [0.1, 0.15) is 11.3 Å². The highest BCUT2D eigenvalue weighted by molar-refractivity contribution is 7.80. The van der Waals surface area contributed by atoms with E-state index in [-0.39, 0.29) is 12.3 Å². The molecule has 2 aromatic rings. The molecule has 0 spiro atoms. The van der Waals surface area contributed by atoms with Crippen LogP contribution in [-0.4, -0.2) is 48.9 Å². The molecule has 144 valence electrons. The second-order valence-electron chi connectivity index (χ2n) is 6.06. The highest BCUT2D eigenvalue weighted by Crippen LogP contribution is 2.21. The first kappa shape index (κ1) is 19.5. The highest BCUT2D eigenvalue weighted by Gasteiger charge is 2.15. The van der Waals surface area contributed by atoms with Gasteiger partial charge >= 0.3 is 0 Å². The van der Waals surface area contributed by atoms with Crippen molar-refractivity contribution in [1.82, 2.24) is 21.2 Å². The fraction of sp³-hybridized carbons (Fsp3) is 0.389. The molecule has 1 aromatic heterocycles. The highest BCUT2D eigenvalue weighted by atomic mass is 32.1. The molecule has 27 heavy (non-hydrogen) atoms. The summed E-state index contributed by atoms with van der Waals surface area (Å²) in [5.41, 5.74) is 7.32. The lowest BCUT2D eigenvalue weighted by Crippen LogP contribution is -2.47. The molecule has 2 heterocycles. The predicted octanol–water partition coefficient (Wildman–Crippen LogP) is 1.26. The lowest BCUT2D eigenvalue weighted by atomic mass is 10.1. The fourth-order valence-corrected chi connectivity index (χ4v) is 3.65. The van der Waals surface area contributed by atoms with Gasteiger partial charge in [-0.1, -0.05) is 30.3 Å². The molecule has 7 nitrogen and oxygen atoms in total. The number of rotatable bonds is 6. The van der Waals surface area contributed by atoms with E-state index in [0.717, 1.165) is 30.3 Å². The molecule has 0 aliphatic carbocycles. The van der Waals surface area contributed by atoms with E-state index in [4.69, 9.17) is 17.0 Å². The van der Waals surface area contributed by atoms with Gasteiger partial charge in [-0.25, -0.2) is 4.98 Å². The number of hydrogen-bond acceptors (Lipinski definition) is 6. The number of ether oxygens (including phenoxy) is 1. The zero-order chi connectivity index (χ0) is 18.9. The quantitative estimate of drug-likeness (QED) is 0.493. The third-order valence-electron chi connectivity index (χ3n) is 4.02. The third-order valence-corrected chi connectivity index (χ3v) is 5.22. The van der Waals surface area contributed by atoms with E-state index in [9.17, 15) is 4.79 Å². The van der Waals surface area contributed by atoms with E-state index < -0.39 is 0 Å². The monoisotopic (exact) mass is 405 g/mol. The molecular formula is C18H23N5O2S2. The van der Waals surface area contributed by atoms with Crippen LogP contribution >= 0.6 is 23.6 Å². The molecule has 1 saturated heterocycles. The zero-order valence-electron chi connectivity index (χ0n) is 14.9. The number of nitrogens with zero attached hydrogens (tertiary/aromatic N) is 2. The van der Waals surface area contributed by atoms with Crippen molar-refractivity contribution in [3.05, 3.63) is 47.0 Å². The maximum atomic E-state index is 12.1. The number of carbonyl (C=O) groups is 1. The molecule has 1 aliphatic rings. The molecular weight excluding hydrogens is 382 g/mol. The van der Waals surface area contributed by atoms with Gasteiger partial charge in [-0.2, -0.15) is 0 Å². The van der Waals surface area contributed by atoms with Gasteiger partial charge in [0.15, 0.2) is 10.2 Å². The maximum Gasteiger partial charge on any atom is 0.244 e. The van der Waals surface area contributed by atoms with E-state index in [1.807, 2.05) is 23.6 Å². The van der Waals surface area contributed by atoms with Crippen molar-refractivity contribution in [3.63, 3.8) is 0 Å². The molecule has 0 unspecified atom stereocenters. The standard InChI is InChI=1S/C18H23N5O2S2/c24-16(12-15-13-27-18(20-15)23-8-10-25-11-9-23)21-22-17(26)19-7-6-14-4-2-1-3-5-14/h1-5,13H,6-12H2,(H,21,24)(H2,19,22,26). The van der Waals surface area contributed by atoms with E-state index in [0.29, 0.717) is 24.9 Å². The third kappa shape index (κ3) is 6.46. The van der Waals surface area contributed by atoms with Crippen molar-refractivity contribution in [3.8, 4) is 0 Å². The number of thiocarbonyl (C=S) groups is 1. The molecule has 1 aromatic carbocycles. The average molecular weight is 406 g/mol. The van der Waals surface area contributed by atoms with Crippen LogP contribution in [0.4, 0.5) is 5.13 Å². The van der Waals surface area contributed by atoms with Crippen LogP contribution in [0.5, 0.6) is 0 Å². The Hall–Kier alpha value is -2.23. The van der Waals surface area contributed by atoms with E-state index >= 15 is 0 Å². The maximum absolute atomic E-state index is 12.1.